The molecule has 150 valence electrons. The number of amides is 2. The Labute approximate surface area is 160 Å². The number of benzene rings is 1. The van der Waals surface area contributed by atoms with Crippen molar-refractivity contribution in [1.82, 2.24) is 10.2 Å². The Kier molecular flexibility index (Phi) is 7.59. The molecule has 1 aromatic carbocycles. The Morgan fingerprint density at radius 1 is 1.11 bits per heavy atom. The van der Waals surface area contributed by atoms with E-state index in [1.54, 1.807) is 12.1 Å². The van der Waals surface area contributed by atoms with E-state index in [2.05, 4.69) is 10.2 Å². The smallest absolute Gasteiger partial charge is 0.227 e. The highest BCUT2D eigenvalue weighted by Gasteiger charge is 2.33. The summed E-state index contributed by atoms with van der Waals surface area (Å²) in [7, 11) is 0. The van der Waals surface area contributed by atoms with Crippen molar-refractivity contribution in [3.8, 4) is 0 Å². The Balaban J connectivity index is 1.76. The second-order valence-electron chi connectivity index (χ2n) is 7.04. The zero-order valence-corrected chi connectivity index (χ0v) is 16.3. The minimum absolute atomic E-state index is 0.0420. The van der Waals surface area contributed by atoms with Crippen molar-refractivity contribution in [2.45, 2.75) is 33.1 Å². The molecule has 2 amide bonds. The van der Waals surface area contributed by atoms with Crippen LogP contribution in [0.25, 0.3) is 0 Å². The molecule has 27 heavy (non-hydrogen) atoms. The summed E-state index contributed by atoms with van der Waals surface area (Å²) in [5.74, 6) is -0.274. The standard InChI is InChI=1S/C20H31FN4O2/c1-3-20(4-2,15-22)19(27)23-10-9-18(26)25-13-11-24(12-14-25)17-7-5-16(21)6-8-17/h5-8H,3-4,9-15,22H2,1-2H3,(H,23,27). The van der Waals surface area contributed by atoms with Gasteiger partial charge in [-0.25, -0.2) is 4.39 Å². The second kappa shape index (κ2) is 9.69. The van der Waals surface area contributed by atoms with E-state index in [0.29, 0.717) is 52.1 Å². The van der Waals surface area contributed by atoms with E-state index in [4.69, 9.17) is 5.73 Å². The van der Waals surface area contributed by atoms with Crippen LogP contribution in [0.4, 0.5) is 10.1 Å². The third-order valence-corrected chi connectivity index (χ3v) is 5.67. The molecule has 1 fully saturated rings. The van der Waals surface area contributed by atoms with Gasteiger partial charge in [0.25, 0.3) is 0 Å². The summed E-state index contributed by atoms with van der Waals surface area (Å²) >= 11 is 0. The van der Waals surface area contributed by atoms with Gasteiger partial charge in [-0.1, -0.05) is 13.8 Å². The minimum atomic E-state index is -0.538. The molecular formula is C20H31FN4O2. The summed E-state index contributed by atoms with van der Waals surface area (Å²) in [6, 6.07) is 6.41. The third kappa shape index (κ3) is 5.19. The van der Waals surface area contributed by atoms with Gasteiger partial charge in [-0.2, -0.15) is 0 Å². The molecular weight excluding hydrogens is 347 g/mol. The van der Waals surface area contributed by atoms with Crippen molar-refractivity contribution in [3.05, 3.63) is 30.1 Å². The van der Waals surface area contributed by atoms with Crippen LogP contribution in [0, 0.1) is 11.2 Å². The molecule has 7 heteroatoms. The lowest BCUT2D eigenvalue weighted by molar-refractivity contribution is -0.132. The van der Waals surface area contributed by atoms with E-state index < -0.39 is 5.41 Å². The molecule has 3 N–H and O–H groups in total. The van der Waals surface area contributed by atoms with Crippen molar-refractivity contribution in [1.29, 1.82) is 0 Å². The molecule has 1 aliphatic rings. The number of rotatable bonds is 8. The number of nitrogens with two attached hydrogens (primary N) is 1. The predicted octanol–water partition coefficient (Wildman–Crippen LogP) is 1.75. The van der Waals surface area contributed by atoms with Gasteiger partial charge in [0.2, 0.25) is 11.8 Å². The fourth-order valence-corrected chi connectivity index (χ4v) is 3.45. The average molecular weight is 378 g/mol. The number of piperazine rings is 1. The molecule has 0 unspecified atom stereocenters. The van der Waals surface area contributed by atoms with E-state index in [9.17, 15) is 14.0 Å². The van der Waals surface area contributed by atoms with Gasteiger partial charge in [0, 0.05) is 51.4 Å². The number of anilines is 1. The van der Waals surface area contributed by atoms with Gasteiger partial charge in [0.1, 0.15) is 5.82 Å². The van der Waals surface area contributed by atoms with Gasteiger partial charge >= 0.3 is 0 Å². The fourth-order valence-electron chi connectivity index (χ4n) is 3.45. The molecule has 1 saturated heterocycles. The summed E-state index contributed by atoms with van der Waals surface area (Å²) < 4.78 is 13.0. The van der Waals surface area contributed by atoms with Crippen LogP contribution in [0.1, 0.15) is 33.1 Å². The lowest BCUT2D eigenvalue weighted by atomic mass is 9.81. The summed E-state index contributed by atoms with van der Waals surface area (Å²) in [4.78, 5) is 28.8. The SMILES string of the molecule is CCC(CC)(CN)C(=O)NCCC(=O)N1CCN(c2ccc(F)cc2)CC1. The monoisotopic (exact) mass is 378 g/mol. The quantitative estimate of drug-likeness (QED) is 0.722. The molecule has 0 spiro atoms. The maximum atomic E-state index is 13.0. The summed E-state index contributed by atoms with van der Waals surface area (Å²) in [6.07, 6.45) is 1.66. The van der Waals surface area contributed by atoms with Crippen LogP contribution in [-0.4, -0.2) is 56.0 Å². The van der Waals surface area contributed by atoms with Crippen molar-refractivity contribution in [2.75, 3.05) is 44.2 Å². The number of carbonyl (C=O) groups excluding carboxylic acids is 2. The molecule has 0 saturated carbocycles. The Morgan fingerprint density at radius 2 is 1.70 bits per heavy atom. The van der Waals surface area contributed by atoms with Gasteiger partial charge in [-0.05, 0) is 37.1 Å². The van der Waals surface area contributed by atoms with Crippen LogP contribution >= 0.6 is 0 Å². The molecule has 1 heterocycles. The van der Waals surface area contributed by atoms with Crippen molar-refractivity contribution in [3.63, 3.8) is 0 Å². The maximum Gasteiger partial charge on any atom is 0.227 e. The minimum Gasteiger partial charge on any atom is -0.368 e. The van der Waals surface area contributed by atoms with Crippen LogP contribution in [0.5, 0.6) is 0 Å². The number of nitrogens with zero attached hydrogens (tertiary/aromatic N) is 2. The molecule has 6 nitrogen and oxygen atoms in total. The number of hydrogen-bond donors (Lipinski definition) is 2. The van der Waals surface area contributed by atoms with Crippen LogP contribution in [0.15, 0.2) is 24.3 Å². The molecule has 0 bridgehead atoms. The molecule has 0 radical (unpaired) electrons. The van der Waals surface area contributed by atoms with Crippen molar-refractivity contribution >= 4 is 17.5 Å². The highest BCUT2D eigenvalue weighted by Crippen LogP contribution is 2.24. The van der Waals surface area contributed by atoms with E-state index in [-0.39, 0.29) is 24.1 Å². The lowest BCUT2D eigenvalue weighted by Crippen LogP contribution is -2.50. The largest absolute Gasteiger partial charge is 0.368 e. The third-order valence-electron chi connectivity index (χ3n) is 5.67. The predicted molar refractivity (Wildman–Crippen MR) is 105 cm³/mol. The zero-order chi connectivity index (χ0) is 19.9. The Hall–Kier alpha value is -2.15. The van der Waals surface area contributed by atoms with E-state index in [1.165, 1.54) is 12.1 Å². The topological polar surface area (TPSA) is 78.7 Å². The first-order chi connectivity index (χ1) is 13.0. The van der Waals surface area contributed by atoms with E-state index >= 15 is 0 Å². The van der Waals surface area contributed by atoms with Crippen LogP contribution in [0.2, 0.25) is 0 Å². The Bertz CT molecular complexity index is 615. The summed E-state index contributed by atoms with van der Waals surface area (Å²) in [5, 5.41) is 2.87. The van der Waals surface area contributed by atoms with Crippen LogP contribution in [0.3, 0.4) is 0 Å². The van der Waals surface area contributed by atoms with E-state index in [1.807, 2.05) is 18.7 Å². The number of halogens is 1. The normalized spacial score (nSPS) is 15.0. The van der Waals surface area contributed by atoms with Crippen molar-refractivity contribution < 1.29 is 14.0 Å². The van der Waals surface area contributed by atoms with Crippen LogP contribution in [-0.2, 0) is 9.59 Å². The Morgan fingerprint density at radius 3 is 2.22 bits per heavy atom. The molecule has 1 aliphatic heterocycles. The second-order valence-corrected chi connectivity index (χ2v) is 7.04. The number of hydrogen-bond acceptors (Lipinski definition) is 4. The zero-order valence-electron chi connectivity index (χ0n) is 16.3. The summed E-state index contributed by atoms with van der Waals surface area (Å²) in [5.41, 5.74) is 6.21. The highest BCUT2D eigenvalue weighted by atomic mass is 19.1. The molecule has 2 rings (SSSR count). The van der Waals surface area contributed by atoms with Gasteiger partial charge in [0.05, 0.1) is 5.41 Å². The lowest BCUT2D eigenvalue weighted by Gasteiger charge is -2.36. The fraction of sp³-hybridized carbons (Fsp3) is 0.600. The molecule has 0 aliphatic carbocycles. The highest BCUT2D eigenvalue weighted by molar-refractivity contribution is 5.83. The maximum absolute atomic E-state index is 13.0. The van der Waals surface area contributed by atoms with E-state index in [0.717, 1.165) is 5.69 Å². The average Bonchev–Trinajstić information content (AvgIpc) is 2.70. The molecule has 0 aromatic heterocycles. The molecule has 0 atom stereocenters. The van der Waals surface area contributed by atoms with Gasteiger partial charge in [-0.3, -0.25) is 9.59 Å². The van der Waals surface area contributed by atoms with Gasteiger partial charge in [-0.15, -0.1) is 0 Å². The van der Waals surface area contributed by atoms with Crippen molar-refractivity contribution in [2.24, 2.45) is 11.1 Å². The first-order valence-corrected chi connectivity index (χ1v) is 9.72. The number of nitrogens with one attached hydrogen (secondary N) is 1. The first-order valence-electron chi connectivity index (χ1n) is 9.72. The first kappa shape index (κ1) is 21.2. The van der Waals surface area contributed by atoms with Gasteiger partial charge < -0.3 is 20.9 Å². The number of carbonyl (C=O) groups is 2. The molecule has 1 aromatic rings. The summed E-state index contributed by atoms with van der Waals surface area (Å²) in [6.45, 7) is 7.24. The van der Waals surface area contributed by atoms with Crippen LogP contribution < -0.4 is 16.0 Å². The van der Waals surface area contributed by atoms with Gasteiger partial charge in [0.15, 0.2) is 0 Å².